The number of carbonyl (C=O) groups excluding carboxylic acids is 4. The van der Waals surface area contributed by atoms with Crippen LogP contribution in [0.5, 0.6) is 5.88 Å². The van der Waals surface area contributed by atoms with E-state index >= 15 is 0 Å². The van der Waals surface area contributed by atoms with E-state index in [1.165, 1.54) is 11.0 Å². The Morgan fingerprint density at radius 2 is 1.80 bits per heavy atom. The van der Waals surface area contributed by atoms with Crippen LogP contribution in [-0.4, -0.2) is 78.1 Å². The number of sulfonamides is 1. The summed E-state index contributed by atoms with van der Waals surface area (Å²) in [5.74, 6) is -2.88. The second kappa shape index (κ2) is 14.6. The number of hydrogen-bond donors (Lipinski definition) is 2. The van der Waals surface area contributed by atoms with Gasteiger partial charge in [-0.15, -0.1) is 6.58 Å². The van der Waals surface area contributed by atoms with Gasteiger partial charge in [-0.25, -0.2) is 13.4 Å². The van der Waals surface area contributed by atoms with E-state index in [4.69, 9.17) is 9.47 Å². The van der Waals surface area contributed by atoms with Crippen LogP contribution in [0.1, 0.15) is 89.0 Å². The van der Waals surface area contributed by atoms with E-state index in [9.17, 15) is 27.6 Å². The van der Waals surface area contributed by atoms with Gasteiger partial charge in [0, 0.05) is 23.9 Å². The van der Waals surface area contributed by atoms with Crippen molar-refractivity contribution in [1.29, 1.82) is 0 Å². The standard InChI is InChI=1S/C38H48N4O8S/c1-2-27-22-38(27,37(46)41-51(47,48)29-14-15-29)40-34(44)32-20-28-23-42(32)36(45)31(25-10-6-7-11-25)21-33(43)49-18-8-4-3-5-9-24-12-13-26-16-17-39-35(50-28)30(26)19-24/h2,12-13,16-17,19,25,27-29,31-32H,1,3-11,14-15,18,20-23H2,(H,40,44)(H,41,46)/t27-,28-,31?,32+,38-/m1/s1. The average Bonchev–Trinajstić information content (AvgIpc) is 3.99. The van der Waals surface area contributed by atoms with Gasteiger partial charge in [-0.2, -0.15) is 0 Å². The molecule has 5 aliphatic rings. The molecule has 1 aromatic carbocycles. The molecule has 4 bridgehead atoms. The van der Waals surface area contributed by atoms with Crippen LogP contribution in [0.25, 0.3) is 10.8 Å². The quantitative estimate of drug-likeness (QED) is 0.317. The molecule has 4 fully saturated rings. The Morgan fingerprint density at radius 3 is 2.55 bits per heavy atom. The van der Waals surface area contributed by atoms with Gasteiger partial charge in [0.1, 0.15) is 17.7 Å². The first-order valence-corrected chi connectivity index (χ1v) is 20.1. The summed E-state index contributed by atoms with van der Waals surface area (Å²) in [5.41, 5.74) is -0.347. The second-order valence-corrected chi connectivity index (χ2v) is 17.0. The SMILES string of the molecule is C=C[C@@H]1C[C@]1(NC(=O)[C@@H]1C[C@@H]2CN1C(=O)C(C1CCCC1)CC(=O)OCCCCCCc1ccc3ccnc(c3c1)O2)C(=O)NS(=O)(=O)C1CC1. The van der Waals surface area contributed by atoms with Gasteiger partial charge >= 0.3 is 5.97 Å². The number of aryl methyl sites for hydroxylation is 1. The molecule has 12 nitrogen and oxygen atoms in total. The number of cyclic esters (lactones) is 1. The van der Waals surface area contributed by atoms with E-state index in [0.717, 1.165) is 74.1 Å². The molecule has 3 heterocycles. The van der Waals surface area contributed by atoms with Crippen LogP contribution < -0.4 is 14.8 Å². The molecule has 1 aromatic heterocycles. The molecular weight excluding hydrogens is 673 g/mol. The monoisotopic (exact) mass is 720 g/mol. The Hall–Kier alpha value is -4.00. The molecule has 5 atom stereocenters. The number of aromatic nitrogens is 1. The molecule has 2 aromatic rings. The van der Waals surface area contributed by atoms with Gasteiger partial charge in [-0.05, 0) is 80.4 Å². The van der Waals surface area contributed by atoms with Crippen LogP contribution >= 0.6 is 0 Å². The fraction of sp³-hybridized carbons (Fsp3) is 0.605. The molecule has 2 N–H and O–H groups in total. The Labute approximate surface area is 299 Å². The third-order valence-corrected chi connectivity index (χ3v) is 13.3. The summed E-state index contributed by atoms with van der Waals surface area (Å²) < 4.78 is 39.7. The van der Waals surface area contributed by atoms with Crippen molar-refractivity contribution in [2.24, 2.45) is 17.8 Å². The number of pyridine rings is 1. The number of nitrogens with zero attached hydrogens (tertiary/aromatic N) is 2. The van der Waals surface area contributed by atoms with Crippen LogP contribution in [0.15, 0.2) is 43.1 Å². The maximum absolute atomic E-state index is 14.6. The number of amides is 3. The maximum Gasteiger partial charge on any atom is 0.306 e. The molecule has 51 heavy (non-hydrogen) atoms. The summed E-state index contributed by atoms with van der Waals surface area (Å²) in [5, 5.41) is 4.05. The van der Waals surface area contributed by atoms with Crippen molar-refractivity contribution in [1.82, 2.24) is 19.9 Å². The van der Waals surface area contributed by atoms with E-state index in [1.54, 1.807) is 6.20 Å². The van der Waals surface area contributed by atoms with Crippen LogP contribution in [0, 0.1) is 17.8 Å². The lowest BCUT2D eigenvalue weighted by atomic mass is 9.86. The first kappa shape index (κ1) is 35.4. The minimum atomic E-state index is -3.86. The zero-order valence-electron chi connectivity index (χ0n) is 29.0. The largest absolute Gasteiger partial charge is 0.472 e. The lowest BCUT2D eigenvalue weighted by Gasteiger charge is -2.31. The van der Waals surface area contributed by atoms with E-state index in [-0.39, 0.29) is 37.6 Å². The Kier molecular flexibility index (Phi) is 10.1. The van der Waals surface area contributed by atoms with Gasteiger partial charge in [0.2, 0.25) is 27.7 Å². The van der Waals surface area contributed by atoms with Gasteiger partial charge in [-0.3, -0.25) is 23.9 Å². The number of fused-ring (bicyclic) bond motifs is 3. The third-order valence-electron chi connectivity index (χ3n) is 11.5. The van der Waals surface area contributed by atoms with Crippen LogP contribution in [0.2, 0.25) is 0 Å². The van der Waals surface area contributed by atoms with Crippen molar-refractivity contribution in [2.75, 3.05) is 13.2 Å². The summed E-state index contributed by atoms with van der Waals surface area (Å²) >= 11 is 0. The predicted octanol–water partition coefficient (Wildman–Crippen LogP) is 4.11. The molecule has 0 radical (unpaired) electrons. The predicted molar refractivity (Wildman–Crippen MR) is 189 cm³/mol. The Balaban J connectivity index is 1.20. The summed E-state index contributed by atoms with van der Waals surface area (Å²) in [4.78, 5) is 61.6. The van der Waals surface area contributed by atoms with Crippen molar-refractivity contribution < 1.29 is 37.1 Å². The average molecular weight is 721 g/mol. The highest BCUT2D eigenvalue weighted by molar-refractivity contribution is 7.91. The number of rotatable bonds is 7. The highest BCUT2D eigenvalue weighted by Crippen LogP contribution is 2.46. The van der Waals surface area contributed by atoms with Crippen LogP contribution in [0.4, 0.5) is 0 Å². The molecule has 2 aliphatic heterocycles. The van der Waals surface area contributed by atoms with E-state index < -0.39 is 62.6 Å². The third kappa shape index (κ3) is 7.64. The molecule has 3 aliphatic carbocycles. The molecule has 1 unspecified atom stereocenters. The molecular formula is C38H48N4O8S. The minimum absolute atomic E-state index is 0.0284. The molecule has 1 saturated heterocycles. The van der Waals surface area contributed by atoms with Gasteiger partial charge in [0.25, 0.3) is 5.91 Å². The van der Waals surface area contributed by atoms with E-state index in [0.29, 0.717) is 25.3 Å². The van der Waals surface area contributed by atoms with Crippen LogP contribution in [0.3, 0.4) is 0 Å². The highest BCUT2D eigenvalue weighted by atomic mass is 32.2. The smallest absolute Gasteiger partial charge is 0.306 e. The number of ether oxygens (including phenoxy) is 2. The van der Waals surface area contributed by atoms with E-state index in [2.05, 4.69) is 33.7 Å². The number of hydrogen-bond acceptors (Lipinski definition) is 9. The minimum Gasteiger partial charge on any atom is -0.472 e. The molecule has 7 rings (SSSR count). The number of benzene rings is 1. The molecule has 0 spiro atoms. The van der Waals surface area contributed by atoms with Crippen molar-refractivity contribution in [3.05, 3.63) is 48.7 Å². The van der Waals surface area contributed by atoms with Crippen molar-refractivity contribution in [3.8, 4) is 5.88 Å². The highest BCUT2D eigenvalue weighted by Gasteiger charge is 2.62. The number of carbonyl (C=O) groups is 4. The van der Waals surface area contributed by atoms with Gasteiger partial charge < -0.3 is 19.7 Å². The van der Waals surface area contributed by atoms with Crippen molar-refractivity contribution in [3.63, 3.8) is 0 Å². The Morgan fingerprint density at radius 1 is 1.02 bits per heavy atom. The topological polar surface area (TPSA) is 161 Å². The first-order chi connectivity index (χ1) is 24.6. The van der Waals surface area contributed by atoms with Gasteiger partial charge in [0.15, 0.2) is 0 Å². The van der Waals surface area contributed by atoms with Crippen molar-refractivity contribution in [2.45, 2.75) is 113 Å². The zero-order valence-corrected chi connectivity index (χ0v) is 29.8. The fourth-order valence-electron chi connectivity index (χ4n) is 8.23. The Bertz CT molecular complexity index is 1810. The first-order valence-electron chi connectivity index (χ1n) is 18.6. The number of nitrogens with one attached hydrogen (secondary N) is 2. The van der Waals surface area contributed by atoms with Crippen molar-refractivity contribution >= 4 is 44.5 Å². The fourth-order valence-corrected chi connectivity index (χ4v) is 9.59. The molecule has 3 amide bonds. The summed E-state index contributed by atoms with van der Waals surface area (Å²) in [6.45, 7) is 4.17. The second-order valence-electron chi connectivity index (χ2n) is 15.1. The van der Waals surface area contributed by atoms with Gasteiger partial charge in [-0.1, -0.05) is 43.9 Å². The molecule has 274 valence electrons. The van der Waals surface area contributed by atoms with E-state index in [1.807, 2.05) is 12.1 Å². The summed E-state index contributed by atoms with van der Waals surface area (Å²) in [6, 6.07) is 7.13. The molecule has 3 saturated carbocycles. The lowest BCUT2D eigenvalue weighted by molar-refractivity contribution is -0.152. The summed E-state index contributed by atoms with van der Waals surface area (Å²) in [6.07, 6.45) is 11.9. The van der Waals surface area contributed by atoms with Gasteiger partial charge in [0.05, 0.1) is 30.7 Å². The normalized spacial score (nSPS) is 29.4. The molecule has 13 heteroatoms. The summed E-state index contributed by atoms with van der Waals surface area (Å²) in [7, 11) is -3.86. The number of esters is 1. The maximum atomic E-state index is 14.6. The van der Waals surface area contributed by atoms with Crippen LogP contribution in [-0.2, 0) is 40.4 Å². The lowest BCUT2D eigenvalue weighted by Crippen LogP contribution is -2.57. The zero-order chi connectivity index (χ0) is 35.8.